The average Bonchev–Trinajstić information content (AvgIpc) is 3.37. The van der Waals surface area contributed by atoms with Crippen molar-refractivity contribution in [3.05, 3.63) is 78.5 Å². The van der Waals surface area contributed by atoms with Crippen LogP contribution >= 0.6 is 0 Å². The highest BCUT2D eigenvalue weighted by Gasteiger charge is 2.24. The zero-order chi connectivity index (χ0) is 24.3. The lowest BCUT2D eigenvalue weighted by atomic mass is 10.2. The second-order valence-electron chi connectivity index (χ2n) is 7.08. The monoisotopic (exact) mass is 479 g/mol. The van der Waals surface area contributed by atoms with Crippen molar-refractivity contribution in [2.75, 3.05) is 21.3 Å². The van der Waals surface area contributed by atoms with Gasteiger partial charge in [0.2, 0.25) is 9.84 Å². The lowest BCUT2D eigenvalue weighted by Gasteiger charge is -2.12. The van der Waals surface area contributed by atoms with Gasteiger partial charge in [-0.1, -0.05) is 29.5 Å². The number of ether oxygens (including phenoxy) is 3. The Balaban J connectivity index is 1.78. The van der Waals surface area contributed by atoms with Crippen molar-refractivity contribution in [1.29, 1.82) is 0 Å². The fourth-order valence-corrected chi connectivity index (χ4v) is 4.95. The number of rotatable bonds is 7. The Morgan fingerprint density at radius 3 is 2.12 bits per heavy atom. The summed E-state index contributed by atoms with van der Waals surface area (Å²) in [6.45, 7) is 0. The maximum Gasteiger partial charge on any atom is 0.337 e. The molecule has 0 amide bonds. The molecule has 0 aliphatic rings. The van der Waals surface area contributed by atoms with Crippen LogP contribution in [0, 0.1) is 0 Å². The largest absolute Gasteiger partial charge is 0.494 e. The van der Waals surface area contributed by atoms with E-state index in [4.69, 9.17) is 9.47 Å². The molecular weight excluding hydrogens is 458 g/mol. The van der Waals surface area contributed by atoms with Crippen molar-refractivity contribution in [2.24, 2.45) is 0 Å². The van der Waals surface area contributed by atoms with Gasteiger partial charge in [0, 0.05) is 5.56 Å². The quantitative estimate of drug-likeness (QED) is 0.370. The third kappa shape index (κ3) is 4.11. The number of carbonyl (C=O) groups is 1. The first-order valence-corrected chi connectivity index (χ1v) is 11.6. The van der Waals surface area contributed by atoms with E-state index in [9.17, 15) is 13.2 Å². The Labute approximate surface area is 196 Å². The lowest BCUT2D eigenvalue weighted by molar-refractivity contribution is 0.0600. The number of esters is 1. The summed E-state index contributed by atoms with van der Waals surface area (Å²) in [4.78, 5) is 11.8. The van der Waals surface area contributed by atoms with Crippen LogP contribution < -0.4 is 9.47 Å². The van der Waals surface area contributed by atoms with Crippen LogP contribution in [0.5, 0.6) is 11.5 Å². The van der Waals surface area contributed by atoms with Crippen molar-refractivity contribution >= 4 is 15.8 Å². The molecule has 1 aromatic heterocycles. The molecule has 0 fully saturated rings. The number of aromatic nitrogens is 3. The zero-order valence-electron chi connectivity index (χ0n) is 18.6. The van der Waals surface area contributed by atoms with Gasteiger partial charge in [0.1, 0.15) is 17.2 Å². The van der Waals surface area contributed by atoms with Crippen molar-refractivity contribution in [1.82, 2.24) is 15.0 Å². The van der Waals surface area contributed by atoms with E-state index in [2.05, 4.69) is 15.0 Å². The molecule has 0 atom stereocenters. The number of carbonyl (C=O) groups excluding carboxylic acids is 1. The Kier molecular flexibility index (Phi) is 6.33. The minimum Gasteiger partial charge on any atom is -0.494 e. The summed E-state index contributed by atoms with van der Waals surface area (Å²) in [6, 6.07) is 17.4. The van der Waals surface area contributed by atoms with Crippen LogP contribution in [0.2, 0.25) is 0 Å². The first-order chi connectivity index (χ1) is 16.4. The van der Waals surface area contributed by atoms with Gasteiger partial charge in [-0.15, -0.1) is 5.10 Å². The Hall–Kier alpha value is -4.18. The van der Waals surface area contributed by atoms with E-state index in [0.717, 1.165) is 0 Å². The summed E-state index contributed by atoms with van der Waals surface area (Å²) in [5.74, 6) is 0.484. The molecule has 4 aromatic rings. The Morgan fingerprint density at radius 1 is 0.853 bits per heavy atom. The average molecular weight is 480 g/mol. The van der Waals surface area contributed by atoms with Crippen LogP contribution in [-0.2, 0) is 14.6 Å². The number of hydrogen-bond acceptors (Lipinski definition) is 8. The molecule has 0 bridgehead atoms. The third-order valence-corrected chi connectivity index (χ3v) is 6.99. The molecule has 0 aliphatic heterocycles. The van der Waals surface area contributed by atoms with Gasteiger partial charge in [-0.25, -0.2) is 17.9 Å². The molecule has 10 heteroatoms. The Bertz CT molecular complexity index is 1420. The molecule has 174 valence electrons. The van der Waals surface area contributed by atoms with E-state index < -0.39 is 15.8 Å². The van der Waals surface area contributed by atoms with Gasteiger partial charge in [-0.2, -0.15) is 0 Å². The number of nitrogens with zero attached hydrogens (tertiary/aromatic N) is 3. The van der Waals surface area contributed by atoms with Crippen LogP contribution in [0.15, 0.2) is 82.7 Å². The number of sulfone groups is 1. The second-order valence-corrected chi connectivity index (χ2v) is 8.99. The molecule has 0 saturated carbocycles. The van der Waals surface area contributed by atoms with E-state index in [1.165, 1.54) is 56.3 Å². The standard InChI is InChI=1S/C24H21N3O6S/c1-31-20-8-6-9-21(32-2)23(20)27-15-19(25-26-27)18-7-4-5-10-22(18)34(29,30)17-13-11-16(12-14-17)24(28)33-3/h4-15H,1-3H3. The van der Waals surface area contributed by atoms with E-state index in [1.807, 2.05) is 0 Å². The highest BCUT2D eigenvalue weighted by atomic mass is 32.2. The first kappa shape index (κ1) is 23.0. The van der Waals surface area contributed by atoms with E-state index >= 15 is 0 Å². The summed E-state index contributed by atoms with van der Waals surface area (Å²) in [5, 5.41) is 8.38. The molecule has 9 nitrogen and oxygen atoms in total. The van der Waals surface area contributed by atoms with Gasteiger partial charge < -0.3 is 14.2 Å². The fraction of sp³-hybridized carbons (Fsp3) is 0.125. The van der Waals surface area contributed by atoms with Gasteiger partial charge >= 0.3 is 5.97 Å². The zero-order valence-corrected chi connectivity index (χ0v) is 19.4. The molecule has 0 radical (unpaired) electrons. The molecule has 0 unspecified atom stereocenters. The number of methoxy groups -OCH3 is 3. The van der Waals surface area contributed by atoms with Crippen LogP contribution in [-0.4, -0.2) is 50.7 Å². The van der Waals surface area contributed by atoms with Gasteiger partial charge in [-0.3, -0.25) is 0 Å². The fourth-order valence-electron chi connectivity index (χ4n) is 3.48. The third-order valence-electron chi connectivity index (χ3n) is 5.16. The topological polar surface area (TPSA) is 110 Å². The van der Waals surface area contributed by atoms with Crippen LogP contribution in [0.3, 0.4) is 0 Å². The summed E-state index contributed by atoms with van der Waals surface area (Å²) in [5.41, 5.74) is 1.51. The lowest BCUT2D eigenvalue weighted by Crippen LogP contribution is -2.06. The van der Waals surface area contributed by atoms with Crippen LogP contribution in [0.1, 0.15) is 10.4 Å². The van der Waals surface area contributed by atoms with Crippen molar-refractivity contribution in [2.45, 2.75) is 9.79 Å². The smallest absolute Gasteiger partial charge is 0.337 e. The molecule has 3 aromatic carbocycles. The predicted octanol–water partition coefficient (Wildman–Crippen LogP) is 3.57. The summed E-state index contributed by atoms with van der Waals surface area (Å²) >= 11 is 0. The summed E-state index contributed by atoms with van der Waals surface area (Å²) in [6.07, 6.45) is 1.61. The SMILES string of the molecule is COC(=O)c1ccc(S(=O)(=O)c2ccccc2-c2cn(-c3c(OC)cccc3OC)nn2)cc1. The number of hydrogen-bond donors (Lipinski definition) is 0. The molecule has 0 aliphatic carbocycles. The highest BCUT2D eigenvalue weighted by molar-refractivity contribution is 7.91. The van der Waals surface area contributed by atoms with Gasteiger partial charge in [-0.05, 0) is 42.5 Å². The van der Waals surface area contributed by atoms with Gasteiger partial charge in [0.15, 0.2) is 5.69 Å². The van der Waals surface area contributed by atoms with Gasteiger partial charge in [0.25, 0.3) is 0 Å². The Morgan fingerprint density at radius 2 is 1.50 bits per heavy atom. The molecule has 0 N–H and O–H groups in total. The molecule has 0 saturated heterocycles. The van der Waals surface area contributed by atoms with Gasteiger partial charge in [0.05, 0.1) is 42.9 Å². The molecular formula is C24H21N3O6S. The first-order valence-electron chi connectivity index (χ1n) is 10.1. The van der Waals surface area contributed by atoms with Crippen LogP contribution in [0.25, 0.3) is 16.9 Å². The second kappa shape index (κ2) is 9.36. The van der Waals surface area contributed by atoms with Crippen molar-refractivity contribution in [3.8, 4) is 28.4 Å². The van der Waals surface area contributed by atoms with Crippen molar-refractivity contribution in [3.63, 3.8) is 0 Å². The minimum atomic E-state index is -3.93. The van der Waals surface area contributed by atoms with E-state index in [0.29, 0.717) is 28.4 Å². The molecule has 0 spiro atoms. The molecule has 34 heavy (non-hydrogen) atoms. The maximum atomic E-state index is 13.4. The van der Waals surface area contributed by atoms with Crippen molar-refractivity contribution < 1.29 is 27.4 Å². The number of para-hydroxylation sites is 1. The number of benzene rings is 3. The van der Waals surface area contributed by atoms with E-state index in [1.54, 1.807) is 42.6 Å². The maximum absolute atomic E-state index is 13.4. The normalized spacial score (nSPS) is 11.1. The molecule has 1 heterocycles. The predicted molar refractivity (Wildman–Crippen MR) is 123 cm³/mol. The van der Waals surface area contributed by atoms with Crippen LogP contribution in [0.4, 0.5) is 0 Å². The summed E-state index contributed by atoms with van der Waals surface area (Å²) in [7, 11) is 0.397. The van der Waals surface area contributed by atoms with E-state index in [-0.39, 0.29) is 15.4 Å². The highest BCUT2D eigenvalue weighted by Crippen LogP contribution is 2.34. The summed E-state index contributed by atoms with van der Waals surface area (Å²) < 4.78 is 43.9. The molecule has 4 rings (SSSR count). The minimum absolute atomic E-state index is 0.0337.